The van der Waals surface area contributed by atoms with E-state index in [4.69, 9.17) is 0 Å². The van der Waals surface area contributed by atoms with Crippen molar-refractivity contribution in [3.8, 4) is 10.6 Å². The standard InChI is InChI=1S/C16H20N4O2S/c1-10-6-11(2)8-12(7-10)14-18-19-15(23-14)17-16(22)20-5-3-4-13(20)9-21/h6-8,13,21H,3-5,9H2,1-2H3,(H,17,19,22)/t13-/m0/s1. The third kappa shape index (κ3) is 3.51. The van der Waals surface area contributed by atoms with Gasteiger partial charge in [-0.15, -0.1) is 10.2 Å². The molecule has 1 fully saturated rings. The molecule has 6 nitrogen and oxygen atoms in total. The Bertz CT molecular complexity index is 696. The van der Waals surface area contributed by atoms with E-state index in [9.17, 15) is 9.90 Å². The minimum Gasteiger partial charge on any atom is -0.394 e. The molecule has 0 aliphatic carbocycles. The third-order valence-electron chi connectivity index (χ3n) is 3.96. The summed E-state index contributed by atoms with van der Waals surface area (Å²) >= 11 is 1.36. The van der Waals surface area contributed by atoms with Crippen molar-refractivity contribution < 1.29 is 9.90 Å². The van der Waals surface area contributed by atoms with Crippen molar-refractivity contribution in [2.24, 2.45) is 0 Å². The summed E-state index contributed by atoms with van der Waals surface area (Å²) in [7, 11) is 0. The van der Waals surface area contributed by atoms with Crippen LogP contribution in [-0.4, -0.2) is 45.4 Å². The lowest BCUT2D eigenvalue weighted by molar-refractivity contribution is 0.166. The first kappa shape index (κ1) is 15.9. The molecule has 2 N–H and O–H groups in total. The highest BCUT2D eigenvalue weighted by atomic mass is 32.1. The number of hydrogen-bond acceptors (Lipinski definition) is 5. The van der Waals surface area contributed by atoms with Crippen LogP contribution < -0.4 is 5.32 Å². The molecule has 1 aromatic carbocycles. The number of nitrogens with zero attached hydrogens (tertiary/aromatic N) is 3. The average molecular weight is 332 g/mol. The van der Waals surface area contributed by atoms with E-state index in [-0.39, 0.29) is 18.7 Å². The second-order valence-corrected chi connectivity index (χ2v) is 6.87. The van der Waals surface area contributed by atoms with Gasteiger partial charge in [0.1, 0.15) is 5.01 Å². The largest absolute Gasteiger partial charge is 0.394 e. The quantitative estimate of drug-likeness (QED) is 0.906. The zero-order valence-corrected chi connectivity index (χ0v) is 14.1. The van der Waals surface area contributed by atoms with Crippen LogP contribution in [0.25, 0.3) is 10.6 Å². The molecule has 3 rings (SSSR count). The summed E-state index contributed by atoms with van der Waals surface area (Å²) in [5.41, 5.74) is 3.35. The Balaban J connectivity index is 1.73. The van der Waals surface area contributed by atoms with Crippen LogP contribution in [0, 0.1) is 13.8 Å². The number of aryl methyl sites for hydroxylation is 2. The number of amides is 2. The predicted octanol–water partition coefficient (Wildman–Crippen LogP) is 2.81. The van der Waals surface area contributed by atoms with Gasteiger partial charge in [0.25, 0.3) is 0 Å². The minimum absolute atomic E-state index is 0.00262. The van der Waals surface area contributed by atoms with Crippen LogP contribution >= 0.6 is 11.3 Å². The fourth-order valence-corrected chi connectivity index (χ4v) is 3.67. The fourth-order valence-electron chi connectivity index (χ4n) is 2.94. The van der Waals surface area contributed by atoms with Crippen LogP contribution in [0.3, 0.4) is 0 Å². The summed E-state index contributed by atoms with van der Waals surface area (Å²) in [6, 6.07) is 5.91. The lowest BCUT2D eigenvalue weighted by Gasteiger charge is -2.22. The minimum atomic E-state index is -0.218. The number of urea groups is 1. The number of rotatable bonds is 3. The Morgan fingerprint density at radius 3 is 2.78 bits per heavy atom. The van der Waals surface area contributed by atoms with Gasteiger partial charge in [0.15, 0.2) is 0 Å². The zero-order chi connectivity index (χ0) is 16.4. The highest BCUT2D eigenvalue weighted by molar-refractivity contribution is 7.18. The van der Waals surface area contributed by atoms with E-state index >= 15 is 0 Å². The van der Waals surface area contributed by atoms with Crippen LogP contribution in [0.2, 0.25) is 0 Å². The molecule has 0 spiro atoms. The molecule has 1 aliphatic heterocycles. The molecular weight excluding hydrogens is 312 g/mol. The normalized spacial score (nSPS) is 17.5. The molecule has 0 saturated carbocycles. The summed E-state index contributed by atoms with van der Waals surface area (Å²) in [4.78, 5) is 13.9. The SMILES string of the molecule is Cc1cc(C)cc(-c2nnc(NC(=O)N3CCC[C@H]3CO)s2)c1. The van der Waals surface area contributed by atoms with E-state index in [1.807, 2.05) is 13.8 Å². The predicted molar refractivity (Wildman–Crippen MR) is 90.7 cm³/mol. The molecule has 0 unspecified atom stereocenters. The maximum Gasteiger partial charge on any atom is 0.324 e. The van der Waals surface area contributed by atoms with Crippen molar-refractivity contribution in [1.29, 1.82) is 0 Å². The zero-order valence-electron chi connectivity index (χ0n) is 13.2. The number of aliphatic hydroxyl groups is 1. The molecule has 2 amide bonds. The Hall–Kier alpha value is -1.99. The van der Waals surface area contributed by atoms with E-state index in [0.717, 1.165) is 23.4 Å². The monoisotopic (exact) mass is 332 g/mol. The van der Waals surface area contributed by atoms with E-state index in [1.165, 1.54) is 22.5 Å². The molecule has 2 aromatic rings. The number of carbonyl (C=O) groups is 1. The molecule has 1 aliphatic rings. The second-order valence-electron chi connectivity index (χ2n) is 5.89. The summed E-state index contributed by atoms with van der Waals surface area (Å²) in [6.45, 7) is 4.75. The van der Waals surface area contributed by atoms with Crippen LogP contribution in [0.1, 0.15) is 24.0 Å². The maximum absolute atomic E-state index is 12.3. The van der Waals surface area contributed by atoms with E-state index in [0.29, 0.717) is 11.7 Å². The smallest absolute Gasteiger partial charge is 0.324 e. The van der Waals surface area contributed by atoms with Crippen molar-refractivity contribution in [3.63, 3.8) is 0 Å². The Morgan fingerprint density at radius 1 is 1.35 bits per heavy atom. The number of aliphatic hydroxyl groups excluding tert-OH is 1. The van der Waals surface area contributed by atoms with E-state index in [2.05, 4.69) is 33.7 Å². The van der Waals surface area contributed by atoms with Crippen LogP contribution in [0.5, 0.6) is 0 Å². The summed E-state index contributed by atoms with van der Waals surface area (Å²) in [6.07, 6.45) is 1.76. The Labute approximate surface area is 139 Å². The van der Waals surface area contributed by atoms with Crippen LogP contribution in [0.15, 0.2) is 18.2 Å². The lowest BCUT2D eigenvalue weighted by atomic mass is 10.1. The molecule has 0 bridgehead atoms. The number of anilines is 1. The van der Waals surface area contributed by atoms with Crippen LogP contribution in [0.4, 0.5) is 9.93 Å². The molecular formula is C16H20N4O2S. The molecule has 1 aromatic heterocycles. The topological polar surface area (TPSA) is 78.4 Å². The fraction of sp³-hybridized carbons (Fsp3) is 0.438. The van der Waals surface area contributed by atoms with Gasteiger partial charge in [-0.1, -0.05) is 28.5 Å². The van der Waals surface area contributed by atoms with Gasteiger partial charge in [0.05, 0.1) is 12.6 Å². The summed E-state index contributed by atoms with van der Waals surface area (Å²) in [5.74, 6) is 0. The molecule has 0 radical (unpaired) electrons. The van der Waals surface area contributed by atoms with Crippen LogP contribution in [-0.2, 0) is 0 Å². The molecule has 122 valence electrons. The Morgan fingerprint density at radius 2 is 2.09 bits per heavy atom. The number of hydrogen-bond donors (Lipinski definition) is 2. The number of likely N-dealkylation sites (tertiary alicyclic amines) is 1. The van der Waals surface area contributed by atoms with Gasteiger partial charge in [0.2, 0.25) is 5.13 Å². The van der Waals surface area contributed by atoms with Gasteiger partial charge in [-0.2, -0.15) is 0 Å². The van der Waals surface area contributed by atoms with E-state index in [1.54, 1.807) is 4.90 Å². The van der Waals surface area contributed by atoms with Gasteiger partial charge >= 0.3 is 6.03 Å². The number of benzene rings is 1. The van der Waals surface area contributed by atoms with Crippen molar-refractivity contribution >= 4 is 22.5 Å². The number of carbonyl (C=O) groups excluding carboxylic acids is 1. The second kappa shape index (κ2) is 6.64. The Kier molecular flexibility index (Phi) is 4.58. The molecule has 1 saturated heterocycles. The number of nitrogens with one attached hydrogen (secondary N) is 1. The van der Waals surface area contributed by atoms with Gasteiger partial charge in [0, 0.05) is 12.1 Å². The van der Waals surface area contributed by atoms with Gasteiger partial charge in [-0.3, -0.25) is 5.32 Å². The third-order valence-corrected chi connectivity index (χ3v) is 4.84. The summed E-state index contributed by atoms with van der Waals surface area (Å²) in [5, 5.41) is 21.6. The lowest BCUT2D eigenvalue weighted by Crippen LogP contribution is -2.40. The molecule has 7 heteroatoms. The molecule has 23 heavy (non-hydrogen) atoms. The number of aromatic nitrogens is 2. The summed E-state index contributed by atoms with van der Waals surface area (Å²) < 4.78 is 0. The first-order valence-corrected chi connectivity index (χ1v) is 8.49. The van der Waals surface area contributed by atoms with Crippen molar-refractivity contribution in [3.05, 3.63) is 29.3 Å². The average Bonchev–Trinajstić information content (AvgIpc) is 3.14. The van der Waals surface area contributed by atoms with Gasteiger partial charge in [-0.25, -0.2) is 4.79 Å². The molecule has 2 heterocycles. The first-order chi connectivity index (χ1) is 11.1. The highest BCUT2D eigenvalue weighted by Gasteiger charge is 2.28. The van der Waals surface area contributed by atoms with Crippen molar-refractivity contribution in [2.75, 3.05) is 18.5 Å². The van der Waals surface area contributed by atoms with Gasteiger partial charge in [-0.05, 0) is 38.8 Å². The highest BCUT2D eigenvalue weighted by Crippen LogP contribution is 2.28. The van der Waals surface area contributed by atoms with Crippen molar-refractivity contribution in [1.82, 2.24) is 15.1 Å². The van der Waals surface area contributed by atoms with E-state index < -0.39 is 0 Å². The van der Waals surface area contributed by atoms with Gasteiger partial charge < -0.3 is 10.0 Å². The maximum atomic E-state index is 12.3. The molecule has 1 atom stereocenters. The first-order valence-electron chi connectivity index (χ1n) is 7.67. The van der Waals surface area contributed by atoms with Crippen molar-refractivity contribution in [2.45, 2.75) is 32.7 Å².